The van der Waals surface area contributed by atoms with Crippen LogP contribution < -0.4 is 0 Å². The summed E-state index contributed by atoms with van der Waals surface area (Å²) in [6.07, 6.45) is 7.18. The van der Waals surface area contributed by atoms with Crippen molar-refractivity contribution in [1.29, 1.82) is 0 Å². The van der Waals surface area contributed by atoms with Crippen LogP contribution in [0.5, 0.6) is 0 Å². The fourth-order valence-corrected chi connectivity index (χ4v) is 3.49. The van der Waals surface area contributed by atoms with Gasteiger partial charge in [0.1, 0.15) is 16.4 Å². The topological polar surface area (TPSA) is 69.4 Å². The van der Waals surface area contributed by atoms with Gasteiger partial charge in [0.25, 0.3) is 0 Å². The molecular formula is C19H17FN6S. The molecule has 0 radical (unpaired) electrons. The summed E-state index contributed by atoms with van der Waals surface area (Å²) in [5.41, 5.74) is 3.27. The lowest BCUT2D eigenvalue weighted by atomic mass is 10.1. The van der Waals surface area contributed by atoms with E-state index in [9.17, 15) is 4.39 Å². The molecule has 0 aromatic carbocycles. The molecule has 8 heteroatoms. The van der Waals surface area contributed by atoms with Gasteiger partial charge >= 0.3 is 0 Å². The Morgan fingerprint density at radius 3 is 2.81 bits per heavy atom. The Balaban J connectivity index is 1.68. The third kappa shape index (κ3) is 3.75. The van der Waals surface area contributed by atoms with Gasteiger partial charge in [0, 0.05) is 24.0 Å². The van der Waals surface area contributed by atoms with Crippen LogP contribution in [0.1, 0.15) is 24.6 Å². The SMILES string of the molecule is CCCc1cc(-c2nccs2)nnc1Cn1ccnc1-c1cccc(F)n1. The predicted octanol–water partition coefficient (Wildman–Crippen LogP) is 4.00. The average Bonchev–Trinajstić information content (AvgIpc) is 3.35. The van der Waals surface area contributed by atoms with Gasteiger partial charge in [-0.25, -0.2) is 15.0 Å². The van der Waals surface area contributed by atoms with Crippen LogP contribution in [0.3, 0.4) is 0 Å². The van der Waals surface area contributed by atoms with Crippen LogP contribution in [0.25, 0.3) is 22.2 Å². The van der Waals surface area contributed by atoms with Gasteiger partial charge in [0.15, 0.2) is 5.82 Å². The highest BCUT2D eigenvalue weighted by atomic mass is 32.1. The predicted molar refractivity (Wildman–Crippen MR) is 102 cm³/mol. The quantitative estimate of drug-likeness (QED) is 0.473. The van der Waals surface area contributed by atoms with Crippen LogP contribution in [0.4, 0.5) is 4.39 Å². The molecule has 0 saturated carbocycles. The monoisotopic (exact) mass is 380 g/mol. The number of hydrogen-bond donors (Lipinski definition) is 0. The van der Waals surface area contributed by atoms with Crippen LogP contribution >= 0.6 is 11.3 Å². The summed E-state index contributed by atoms with van der Waals surface area (Å²) in [6.45, 7) is 2.63. The van der Waals surface area contributed by atoms with Gasteiger partial charge in [-0.1, -0.05) is 19.4 Å². The van der Waals surface area contributed by atoms with E-state index < -0.39 is 5.95 Å². The maximum Gasteiger partial charge on any atom is 0.213 e. The van der Waals surface area contributed by atoms with Gasteiger partial charge in [-0.2, -0.15) is 9.49 Å². The molecule has 0 atom stereocenters. The van der Waals surface area contributed by atoms with Gasteiger partial charge < -0.3 is 4.57 Å². The van der Waals surface area contributed by atoms with E-state index in [4.69, 9.17) is 0 Å². The second-order valence-corrected chi connectivity index (χ2v) is 6.91. The molecule has 27 heavy (non-hydrogen) atoms. The number of imidazole rings is 1. The van der Waals surface area contributed by atoms with Crippen molar-refractivity contribution in [3.63, 3.8) is 0 Å². The van der Waals surface area contributed by atoms with Crippen molar-refractivity contribution < 1.29 is 4.39 Å². The van der Waals surface area contributed by atoms with E-state index in [2.05, 4.69) is 38.1 Å². The van der Waals surface area contributed by atoms with E-state index in [-0.39, 0.29) is 0 Å². The Bertz CT molecular complexity index is 1040. The fourth-order valence-electron chi connectivity index (χ4n) is 2.89. The molecule has 4 aromatic rings. The lowest BCUT2D eigenvalue weighted by Crippen LogP contribution is -2.09. The van der Waals surface area contributed by atoms with Crippen molar-refractivity contribution in [3.8, 4) is 22.2 Å². The minimum Gasteiger partial charge on any atom is -0.324 e. The number of aromatic nitrogens is 6. The van der Waals surface area contributed by atoms with E-state index in [1.165, 1.54) is 6.07 Å². The first-order chi connectivity index (χ1) is 13.2. The molecule has 0 saturated heterocycles. The van der Waals surface area contributed by atoms with Crippen LogP contribution in [0, 0.1) is 5.95 Å². The summed E-state index contributed by atoms with van der Waals surface area (Å²) in [5.74, 6) is 0.0732. The Kier molecular flexibility index (Phi) is 4.97. The molecule has 6 nitrogen and oxygen atoms in total. The first-order valence-corrected chi connectivity index (χ1v) is 9.52. The van der Waals surface area contributed by atoms with Crippen molar-refractivity contribution in [2.45, 2.75) is 26.3 Å². The third-order valence-corrected chi connectivity index (χ3v) is 4.91. The van der Waals surface area contributed by atoms with Crippen molar-refractivity contribution in [1.82, 2.24) is 29.7 Å². The van der Waals surface area contributed by atoms with Crippen LogP contribution in [-0.4, -0.2) is 29.7 Å². The standard InChI is InChI=1S/C19H17FN6S/c1-2-4-13-11-15(19-22-8-10-27-19)24-25-16(13)12-26-9-7-21-18(26)14-5-3-6-17(20)23-14/h3,5-11H,2,4,12H2,1H3. The molecule has 0 aliphatic heterocycles. The van der Waals surface area contributed by atoms with Gasteiger partial charge in [-0.3, -0.25) is 0 Å². The minimum absolute atomic E-state index is 0.490. The highest BCUT2D eigenvalue weighted by Crippen LogP contribution is 2.23. The zero-order valence-electron chi connectivity index (χ0n) is 14.7. The summed E-state index contributed by atoms with van der Waals surface area (Å²) in [5, 5.41) is 11.6. The molecule has 4 rings (SSSR count). The number of thiazole rings is 1. The first-order valence-electron chi connectivity index (χ1n) is 8.64. The van der Waals surface area contributed by atoms with Crippen molar-refractivity contribution in [2.75, 3.05) is 0 Å². The summed E-state index contributed by atoms with van der Waals surface area (Å²) in [4.78, 5) is 12.6. The highest BCUT2D eigenvalue weighted by molar-refractivity contribution is 7.13. The summed E-state index contributed by atoms with van der Waals surface area (Å²) < 4.78 is 15.4. The molecule has 4 heterocycles. The largest absolute Gasteiger partial charge is 0.324 e. The van der Waals surface area contributed by atoms with Crippen molar-refractivity contribution in [3.05, 3.63) is 65.4 Å². The van der Waals surface area contributed by atoms with Crippen molar-refractivity contribution >= 4 is 11.3 Å². The van der Waals surface area contributed by atoms with Crippen LogP contribution in [0.15, 0.2) is 48.2 Å². The summed E-state index contributed by atoms with van der Waals surface area (Å²) >= 11 is 1.54. The molecule has 0 aliphatic carbocycles. The van der Waals surface area contributed by atoms with E-state index in [1.807, 2.05) is 16.1 Å². The zero-order valence-corrected chi connectivity index (χ0v) is 15.5. The Morgan fingerprint density at radius 2 is 2.04 bits per heavy atom. The normalized spacial score (nSPS) is 11.0. The first kappa shape index (κ1) is 17.4. The maximum atomic E-state index is 13.5. The molecule has 0 N–H and O–H groups in total. The number of rotatable bonds is 6. The Labute approximate surface area is 159 Å². The smallest absolute Gasteiger partial charge is 0.213 e. The number of aryl methyl sites for hydroxylation is 1. The van der Waals surface area contributed by atoms with Gasteiger partial charge in [0.2, 0.25) is 5.95 Å². The number of halogens is 1. The number of pyridine rings is 1. The molecule has 0 bridgehead atoms. The van der Waals surface area contributed by atoms with Gasteiger partial charge in [0.05, 0.1) is 12.2 Å². The minimum atomic E-state index is -0.527. The van der Waals surface area contributed by atoms with Crippen LogP contribution in [0.2, 0.25) is 0 Å². The second-order valence-electron chi connectivity index (χ2n) is 6.01. The van der Waals surface area contributed by atoms with E-state index >= 15 is 0 Å². The Morgan fingerprint density at radius 1 is 1.11 bits per heavy atom. The lowest BCUT2D eigenvalue weighted by molar-refractivity contribution is 0.584. The van der Waals surface area contributed by atoms with Crippen LogP contribution in [-0.2, 0) is 13.0 Å². The molecular weight excluding hydrogens is 363 g/mol. The Hall–Kier alpha value is -3.00. The number of nitrogens with zero attached hydrogens (tertiary/aromatic N) is 6. The summed E-state index contributed by atoms with van der Waals surface area (Å²) in [7, 11) is 0. The molecule has 0 unspecified atom stereocenters. The molecule has 0 amide bonds. The average molecular weight is 380 g/mol. The number of hydrogen-bond acceptors (Lipinski definition) is 6. The van der Waals surface area contributed by atoms with Crippen molar-refractivity contribution in [2.24, 2.45) is 0 Å². The fraction of sp³-hybridized carbons (Fsp3) is 0.211. The molecule has 0 aliphatic rings. The highest BCUT2D eigenvalue weighted by Gasteiger charge is 2.14. The second kappa shape index (κ2) is 7.71. The molecule has 0 fully saturated rings. The third-order valence-electron chi connectivity index (χ3n) is 4.11. The molecule has 4 aromatic heterocycles. The van der Waals surface area contributed by atoms with E-state index in [0.717, 1.165) is 34.8 Å². The maximum absolute atomic E-state index is 13.5. The summed E-state index contributed by atoms with van der Waals surface area (Å²) in [6, 6.07) is 6.74. The lowest BCUT2D eigenvalue weighted by Gasteiger charge is -2.11. The van der Waals surface area contributed by atoms with Gasteiger partial charge in [-0.15, -0.1) is 16.4 Å². The van der Waals surface area contributed by atoms with Gasteiger partial charge in [-0.05, 0) is 30.2 Å². The van der Waals surface area contributed by atoms with E-state index in [1.54, 1.807) is 35.9 Å². The van der Waals surface area contributed by atoms with E-state index in [0.29, 0.717) is 18.1 Å². The zero-order chi connectivity index (χ0) is 18.6. The molecule has 136 valence electrons. The molecule has 0 spiro atoms.